The number of halogens is 3. The lowest BCUT2D eigenvalue weighted by atomic mass is 10.00. The fraction of sp³-hybridized carbons (Fsp3) is 0.385. The standard InChI is InChI=1S/C13H13BrF2N2O3/c1-13(11(19)20)3-2-4-18(13)12(21)17-10-8(14)5-7(15)6-9(10)16/h5-6H,2-4H2,1H3,(H,17,21)(H,19,20). The molecule has 1 aliphatic heterocycles. The number of benzene rings is 1. The molecular formula is C13H13BrF2N2O3. The normalized spacial score (nSPS) is 21.4. The van der Waals surface area contributed by atoms with Gasteiger partial charge >= 0.3 is 12.0 Å². The fourth-order valence-corrected chi connectivity index (χ4v) is 2.85. The number of aliphatic carboxylic acids is 1. The van der Waals surface area contributed by atoms with Gasteiger partial charge < -0.3 is 15.3 Å². The molecule has 1 unspecified atom stereocenters. The third-order valence-corrected chi connectivity index (χ3v) is 4.21. The highest BCUT2D eigenvalue weighted by Crippen LogP contribution is 2.32. The predicted molar refractivity (Wildman–Crippen MR) is 75.1 cm³/mol. The molecule has 0 saturated carbocycles. The molecular weight excluding hydrogens is 350 g/mol. The number of anilines is 1. The maximum Gasteiger partial charge on any atom is 0.329 e. The summed E-state index contributed by atoms with van der Waals surface area (Å²) < 4.78 is 26.7. The highest BCUT2D eigenvalue weighted by Gasteiger charge is 2.46. The van der Waals surface area contributed by atoms with Gasteiger partial charge in [0.25, 0.3) is 0 Å². The van der Waals surface area contributed by atoms with Gasteiger partial charge in [0.1, 0.15) is 11.4 Å². The lowest BCUT2D eigenvalue weighted by molar-refractivity contribution is -0.146. The van der Waals surface area contributed by atoms with Gasteiger partial charge in [-0.15, -0.1) is 0 Å². The van der Waals surface area contributed by atoms with Crippen molar-refractivity contribution in [3.63, 3.8) is 0 Å². The number of hydrogen-bond acceptors (Lipinski definition) is 2. The molecule has 21 heavy (non-hydrogen) atoms. The Bertz CT molecular complexity index is 588. The second-order valence-corrected chi connectivity index (χ2v) is 5.86. The lowest BCUT2D eigenvalue weighted by Crippen LogP contribution is -2.52. The Morgan fingerprint density at radius 2 is 2.10 bits per heavy atom. The van der Waals surface area contributed by atoms with E-state index in [0.29, 0.717) is 18.9 Å². The molecule has 1 saturated heterocycles. The van der Waals surface area contributed by atoms with Crippen LogP contribution in [0.3, 0.4) is 0 Å². The molecule has 1 fully saturated rings. The molecule has 1 aromatic rings. The summed E-state index contributed by atoms with van der Waals surface area (Å²) >= 11 is 2.96. The van der Waals surface area contributed by atoms with E-state index in [1.807, 2.05) is 0 Å². The predicted octanol–water partition coefficient (Wildman–Crippen LogP) is 3.20. The second-order valence-electron chi connectivity index (χ2n) is 5.01. The number of carboxylic acids is 1. The number of nitrogens with one attached hydrogen (secondary N) is 1. The van der Waals surface area contributed by atoms with Crippen molar-refractivity contribution in [1.82, 2.24) is 4.90 Å². The maximum atomic E-state index is 13.7. The van der Waals surface area contributed by atoms with Gasteiger partial charge in [-0.2, -0.15) is 0 Å². The minimum atomic E-state index is -1.33. The highest BCUT2D eigenvalue weighted by atomic mass is 79.9. The summed E-state index contributed by atoms with van der Waals surface area (Å²) in [6, 6.07) is 0.920. The van der Waals surface area contributed by atoms with Crippen LogP contribution in [0.25, 0.3) is 0 Å². The van der Waals surface area contributed by atoms with Gasteiger partial charge in [-0.3, -0.25) is 0 Å². The van der Waals surface area contributed by atoms with Crippen molar-refractivity contribution in [2.75, 3.05) is 11.9 Å². The van der Waals surface area contributed by atoms with Crippen LogP contribution in [-0.4, -0.2) is 34.1 Å². The number of nitrogens with zero attached hydrogens (tertiary/aromatic N) is 1. The maximum absolute atomic E-state index is 13.7. The number of carbonyl (C=O) groups excluding carboxylic acids is 1. The molecule has 1 heterocycles. The minimum Gasteiger partial charge on any atom is -0.480 e. The molecule has 0 spiro atoms. The average molecular weight is 363 g/mol. The molecule has 0 aliphatic carbocycles. The molecule has 0 aromatic heterocycles. The van der Waals surface area contributed by atoms with Crippen LogP contribution < -0.4 is 5.32 Å². The molecule has 5 nitrogen and oxygen atoms in total. The zero-order chi connectivity index (χ0) is 15.8. The van der Waals surface area contributed by atoms with E-state index in [2.05, 4.69) is 21.2 Å². The number of urea groups is 1. The van der Waals surface area contributed by atoms with E-state index in [9.17, 15) is 23.5 Å². The Morgan fingerprint density at radius 3 is 2.67 bits per heavy atom. The number of hydrogen-bond donors (Lipinski definition) is 2. The molecule has 8 heteroatoms. The van der Waals surface area contributed by atoms with Gasteiger partial charge in [-0.05, 0) is 41.8 Å². The van der Waals surface area contributed by atoms with Gasteiger partial charge in [0.05, 0.1) is 5.69 Å². The SMILES string of the molecule is CC1(C(=O)O)CCCN1C(=O)Nc1c(F)cc(F)cc1Br. The Balaban J connectivity index is 2.25. The molecule has 2 N–H and O–H groups in total. The summed E-state index contributed by atoms with van der Waals surface area (Å²) in [5, 5.41) is 11.5. The van der Waals surface area contributed by atoms with Crippen LogP contribution in [0.2, 0.25) is 0 Å². The van der Waals surface area contributed by atoms with Crippen molar-refractivity contribution in [2.45, 2.75) is 25.3 Å². The summed E-state index contributed by atoms with van der Waals surface area (Å²) in [6.07, 6.45) is 0.867. The number of rotatable bonds is 2. The molecule has 2 rings (SSSR count). The van der Waals surface area contributed by atoms with E-state index in [-0.39, 0.29) is 16.7 Å². The third kappa shape index (κ3) is 2.85. The van der Waals surface area contributed by atoms with Crippen LogP contribution >= 0.6 is 15.9 Å². The Hall–Kier alpha value is -1.70. The molecule has 0 radical (unpaired) electrons. The monoisotopic (exact) mass is 362 g/mol. The third-order valence-electron chi connectivity index (χ3n) is 3.59. The summed E-state index contributed by atoms with van der Waals surface area (Å²) in [7, 11) is 0. The van der Waals surface area contributed by atoms with Gasteiger partial charge in [0, 0.05) is 17.1 Å². The first-order chi connectivity index (χ1) is 9.75. The van der Waals surface area contributed by atoms with E-state index < -0.39 is 29.2 Å². The molecule has 2 amide bonds. The minimum absolute atomic E-state index is 0.0459. The summed E-state index contributed by atoms with van der Waals surface area (Å²) in [5.41, 5.74) is -1.55. The van der Waals surface area contributed by atoms with Gasteiger partial charge in [0.15, 0.2) is 5.82 Å². The van der Waals surface area contributed by atoms with Crippen LogP contribution in [-0.2, 0) is 4.79 Å². The zero-order valence-electron chi connectivity index (χ0n) is 11.1. The number of carboxylic acid groups (broad SMARTS) is 1. The Morgan fingerprint density at radius 1 is 1.43 bits per heavy atom. The van der Waals surface area contributed by atoms with Crippen LogP contribution in [0.4, 0.5) is 19.3 Å². The van der Waals surface area contributed by atoms with Crippen LogP contribution in [0.5, 0.6) is 0 Å². The first-order valence-electron chi connectivity index (χ1n) is 6.22. The first kappa shape index (κ1) is 15.7. The smallest absolute Gasteiger partial charge is 0.329 e. The topological polar surface area (TPSA) is 69.6 Å². The molecule has 0 bridgehead atoms. The van der Waals surface area contributed by atoms with Crippen molar-refractivity contribution in [2.24, 2.45) is 0 Å². The van der Waals surface area contributed by atoms with E-state index >= 15 is 0 Å². The van der Waals surface area contributed by atoms with Crippen molar-refractivity contribution in [3.8, 4) is 0 Å². The second kappa shape index (κ2) is 5.59. The molecule has 114 valence electrons. The van der Waals surface area contributed by atoms with Gasteiger partial charge in [0.2, 0.25) is 0 Å². The number of carbonyl (C=O) groups is 2. The van der Waals surface area contributed by atoms with Crippen molar-refractivity contribution in [3.05, 3.63) is 28.2 Å². The van der Waals surface area contributed by atoms with Crippen molar-refractivity contribution < 1.29 is 23.5 Å². The summed E-state index contributed by atoms with van der Waals surface area (Å²) in [4.78, 5) is 24.7. The van der Waals surface area contributed by atoms with Crippen molar-refractivity contribution in [1.29, 1.82) is 0 Å². The average Bonchev–Trinajstić information content (AvgIpc) is 2.77. The number of amides is 2. The number of likely N-dealkylation sites (tertiary alicyclic amines) is 1. The molecule has 1 aromatic carbocycles. The van der Waals surface area contributed by atoms with Crippen LogP contribution in [0.15, 0.2) is 16.6 Å². The molecule has 1 aliphatic rings. The lowest BCUT2D eigenvalue weighted by Gasteiger charge is -2.31. The van der Waals surface area contributed by atoms with E-state index in [1.54, 1.807) is 0 Å². The van der Waals surface area contributed by atoms with E-state index in [0.717, 1.165) is 11.0 Å². The largest absolute Gasteiger partial charge is 0.480 e. The quantitative estimate of drug-likeness (QED) is 0.848. The summed E-state index contributed by atoms with van der Waals surface area (Å²) in [6.45, 7) is 1.70. The first-order valence-corrected chi connectivity index (χ1v) is 7.01. The Labute approximate surface area is 128 Å². The van der Waals surface area contributed by atoms with Gasteiger partial charge in [-0.25, -0.2) is 18.4 Å². The van der Waals surface area contributed by atoms with E-state index in [4.69, 9.17) is 0 Å². The molecule has 1 atom stereocenters. The Kier molecular flexibility index (Phi) is 4.18. The van der Waals surface area contributed by atoms with Crippen LogP contribution in [0.1, 0.15) is 19.8 Å². The van der Waals surface area contributed by atoms with Crippen LogP contribution in [0, 0.1) is 11.6 Å². The van der Waals surface area contributed by atoms with Crippen molar-refractivity contribution >= 4 is 33.6 Å². The fourth-order valence-electron chi connectivity index (χ4n) is 2.35. The highest BCUT2D eigenvalue weighted by molar-refractivity contribution is 9.10. The van der Waals surface area contributed by atoms with Gasteiger partial charge in [-0.1, -0.05) is 0 Å². The van der Waals surface area contributed by atoms with E-state index in [1.165, 1.54) is 6.92 Å². The zero-order valence-corrected chi connectivity index (χ0v) is 12.7. The summed E-state index contributed by atoms with van der Waals surface area (Å²) in [5.74, 6) is -2.84.